The molecule has 2 heterocycles. The lowest BCUT2D eigenvalue weighted by Crippen LogP contribution is -2.20. The van der Waals surface area contributed by atoms with Gasteiger partial charge in [-0.2, -0.15) is 0 Å². The quantitative estimate of drug-likeness (QED) is 0.795. The van der Waals surface area contributed by atoms with Gasteiger partial charge in [0.05, 0.1) is 0 Å². The zero-order valence-electron chi connectivity index (χ0n) is 10.9. The van der Waals surface area contributed by atoms with Crippen molar-refractivity contribution in [2.24, 2.45) is 0 Å². The number of benzene rings is 1. The molecular formula is C14H11FN4O2. The Hall–Kier alpha value is -2.96. The number of nitrogens with one attached hydrogen (secondary N) is 1. The molecule has 7 heteroatoms. The van der Waals surface area contributed by atoms with Gasteiger partial charge in [-0.15, -0.1) is 5.10 Å². The van der Waals surface area contributed by atoms with Crippen LogP contribution in [0.2, 0.25) is 0 Å². The van der Waals surface area contributed by atoms with Gasteiger partial charge in [-0.05, 0) is 30.3 Å². The van der Waals surface area contributed by atoms with E-state index in [0.29, 0.717) is 11.3 Å². The molecule has 0 bridgehead atoms. The molecule has 0 aliphatic rings. The number of ether oxygens (including phenoxy) is 1. The van der Waals surface area contributed by atoms with Crippen LogP contribution in [0.3, 0.4) is 0 Å². The van der Waals surface area contributed by atoms with Crippen LogP contribution >= 0.6 is 0 Å². The SMILES string of the molecule is O=C(COc1nnc2ccccn12)Nc1cccc(F)c1. The fraction of sp³-hybridized carbons (Fsp3) is 0.0714. The Morgan fingerprint density at radius 3 is 3.00 bits per heavy atom. The molecule has 0 aliphatic carbocycles. The lowest BCUT2D eigenvalue weighted by molar-refractivity contribution is -0.118. The summed E-state index contributed by atoms with van der Waals surface area (Å²) in [5.74, 6) is -0.828. The average Bonchev–Trinajstić information content (AvgIpc) is 2.88. The van der Waals surface area contributed by atoms with E-state index in [1.54, 1.807) is 28.8 Å². The van der Waals surface area contributed by atoms with E-state index < -0.39 is 11.7 Å². The van der Waals surface area contributed by atoms with Gasteiger partial charge in [0.15, 0.2) is 12.3 Å². The maximum Gasteiger partial charge on any atom is 0.322 e. The van der Waals surface area contributed by atoms with E-state index in [4.69, 9.17) is 4.74 Å². The molecule has 6 nitrogen and oxygen atoms in total. The highest BCUT2D eigenvalue weighted by Gasteiger charge is 2.09. The van der Waals surface area contributed by atoms with E-state index >= 15 is 0 Å². The predicted molar refractivity (Wildman–Crippen MR) is 73.5 cm³/mol. The van der Waals surface area contributed by atoms with Crippen LogP contribution in [0.15, 0.2) is 48.7 Å². The van der Waals surface area contributed by atoms with Gasteiger partial charge in [0.2, 0.25) is 0 Å². The molecule has 0 saturated carbocycles. The third-order valence-corrected chi connectivity index (χ3v) is 2.72. The number of rotatable bonds is 4. The average molecular weight is 286 g/mol. The van der Waals surface area contributed by atoms with Gasteiger partial charge in [-0.25, -0.2) is 4.39 Å². The van der Waals surface area contributed by atoms with Crippen molar-refractivity contribution in [2.45, 2.75) is 0 Å². The Bertz CT molecular complexity index is 787. The third kappa shape index (κ3) is 2.97. The molecule has 0 unspecified atom stereocenters. The molecule has 1 aromatic carbocycles. The van der Waals surface area contributed by atoms with Gasteiger partial charge in [0, 0.05) is 11.9 Å². The minimum atomic E-state index is -0.419. The maximum absolute atomic E-state index is 13.0. The van der Waals surface area contributed by atoms with E-state index in [1.165, 1.54) is 18.2 Å². The van der Waals surface area contributed by atoms with Gasteiger partial charge in [-0.3, -0.25) is 9.20 Å². The van der Waals surface area contributed by atoms with E-state index in [1.807, 2.05) is 6.07 Å². The highest BCUT2D eigenvalue weighted by atomic mass is 19.1. The minimum Gasteiger partial charge on any atom is -0.453 e. The second-order valence-electron chi connectivity index (χ2n) is 4.26. The van der Waals surface area contributed by atoms with E-state index in [0.717, 1.165) is 0 Å². The van der Waals surface area contributed by atoms with Gasteiger partial charge in [-0.1, -0.05) is 17.2 Å². The minimum absolute atomic E-state index is 0.222. The normalized spacial score (nSPS) is 10.5. The molecule has 0 fully saturated rings. The molecule has 21 heavy (non-hydrogen) atoms. The van der Waals surface area contributed by atoms with E-state index in [-0.39, 0.29) is 12.6 Å². The van der Waals surface area contributed by atoms with Crippen LogP contribution in [0.1, 0.15) is 0 Å². The monoisotopic (exact) mass is 286 g/mol. The third-order valence-electron chi connectivity index (χ3n) is 2.72. The summed E-state index contributed by atoms with van der Waals surface area (Å²) in [4.78, 5) is 11.7. The molecule has 3 rings (SSSR count). The summed E-state index contributed by atoms with van der Waals surface area (Å²) >= 11 is 0. The number of aromatic nitrogens is 3. The Kier molecular flexibility index (Phi) is 3.46. The summed E-state index contributed by atoms with van der Waals surface area (Å²) in [7, 11) is 0. The summed E-state index contributed by atoms with van der Waals surface area (Å²) in [6.45, 7) is -0.244. The van der Waals surface area contributed by atoms with Crippen LogP contribution in [0.4, 0.5) is 10.1 Å². The fourth-order valence-corrected chi connectivity index (χ4v) is 1.81. The molecule has 1 N–H and O–H groups in total. The molecule has 106 valence electrons. The number of amides is 1. The topological polar surface area (TPSA) is 68.5 Å². The van der Waals surface area contributed by atoms with Crippen molar-refractivity contribution < 1.29 is 13.9 Å². The first-order valence-electron chi connectivity index (χ1n) is 6.20. The maximum atomic E-state index is 13.0. The van der Waals surface area contributed by atoms with Crippen molar-refractivity contribution in [1.82, 2.24) is 14.6 Å². The first kappa shape index (κ1) is 13.0. The zero-order valence-corrected chi connectivity index (χ0v) is 10.9. The molecule has 0 spiro atoms. The van der Waals surface area contributed by atoms with Crippen molar-refractivity contribution in [3.05, 3.63) is 54.5 Å². The number of hydrogen-bond acceptors (Lipinski definition) is 4. The van der Waals surface area contributed by atoms with Crippen molar-refractivity contribution in [3.8, 4) is 6.01 Å². The van der Waals surface area contributed by atoms with Crippen molar-refractivity contribution >= 4 is 17.2 Å². The van der Waals surface area contributed by atoms with E-state index in [2.05, 4.69) is 15.5 Å². The molecular weight excluding hydrogens is 275 g/mol. The van der Waals surface area contributed by atoms with Gasteiger partial charge >= 0.3 is 6.01 Å². The van der Waals surface area contributed by atoms with E-state index in [9.17, 15) is 9.18 Å². The molecule has 0 radical (unpaired) electrons. The zero-order chi connectivity index (χ0) is 14.7. The Morgan fingerprint density at radius 2 is 2.14 bits per heavy atom. The predicted octanol–water partition coefficient (Wildman–Crippen LogP) is 1.89. The Morgan fingerprint density at radius 1 is 1.24 bits per heavy atom. The molecule has 0 aliphatic heterocycles. The van der Waals surface area contributed by atoms with Gasteiger partial charge in [0.25, 0.3) is 5.91 Å². The standard InChI is InChI=1S/C14H11FN4O2/c15-10-4-3-5-11(8-10)16-13(20)9-21-14-18-17-12-6-1-2-7-19(12)14/h1-8H,9H2,(H,16,20). The number of carbonyl (C=O) groups excluding carboxylic acids is 1. The highest BCUT2D eigenvalue weighted by molar-refractivity contribution is 5.91. The Labute approximate surface area is 119 Å². The second kappa shape index (κ2) is 5.58. The van der Waals surface area contributed by atoms with Crippen LogP contribution in [-0.2, 0) is 4.79 Å². The first-order valence-corrected chi connectivity index (χ1v) is 6.20. The van der Waals surface area contributed by atoms with Crippen molar-refractivity contribution in [1.29, 1.82) is 0 Å². The van der Waals surface area contributed by atoms with Gasteiger partial charge < -0.3 is 10.1 Å². The first-order chi connectivity index (χ1) is 10.2. The molecule has 0 atom stereocenters. The molecule has 3 aromatic rings. The van der Waals surface area contributed by atoms with Crippen LogP contribution < -0.4 is 10.1 Å². The largest absolute Gasteiger partial charge is 0.453 e. The number of nitrogens with zero attached hydrogens (tertiary/aromatic N) is 3. The molecule has 1 amide bonds. The second-order valence-corrected chi connectivity index (χ2v) is 4.26. The summed E-state index contributed by atoms with van der Waals surface area (Å²) in [6.07, 6.45) is 1.73. The summed E-state index contributed by atoms with van der Waals surface area (Å²) in [5, 5.41) is 10.3. The van der Waals surface area contributed by atoms with Crippen molar-refractivity contribution in [2.75, 3.05) is 11.9 Å². The van der Waals surface area contributed by atoms with Gasteiger partial charge in [0.1, 0.15) is 5.82 Å². The van der Waals surface area contributed by atoms with Crippen molar-refractivity contribution in [3.63, 3.8) is 0 Å². The number of hydrogen-bond donors (Lipinski definition) is 1. The lowest BCUT2D eigenvalue weighted by Gasteiger charge is -2.06. The summed E-state index contributed by atoms with van der Waals surface area (Å²) < 4.78 is 19.9. The Balaban J connectivity index is 1.63. The van der Waals surface area contributed by atoms with Crippen LogP contribution in [-0.4, -0.2) is 27.1 Å². The van der Waals surface area contributed by atoms with Crippen LogP contribution in [0, 0.1) is 5.82 Å². The lowest BCUT2D eigenvalue weighted by atomic mass is 10.3. The highest BCUT2D eigenvalue weighted by Crippen LogP contribution is 2.11. The number of fused-ring (bicyclic) bond motifs is 1. The summed E-state index contributed by atoms with van der Waals surface area (Å²) in [5.41, 5.74) is 0.993. The molecule has 0 saturated heterocycles. The number of carbonyl (C=O) groups is 1. The number of halogens is 1. The summed E-state index contributed by atoms with van der Waals surface area (Å²) in [6, 6.07) is 11.2. The number of pyridine rings is 1. The van der Waals surface area contributed by atoms with Crippen LogP contribution in [0.25, 0.3) is 5.65 Å². The fourth-order valence-electron chi connectivity index (χ4n) is 1.81. The molecule has 2 aromatic heterocycles. The smallest absolute Gasteiger partial charge is 0.322 e. The number of anilines is 1. The van der Waals surface area contributed by atoms with Crippen LogP contribution in [0.5, 0.6) is 6.01 Å².